The van der Waals surface area contributed by atoms with Crippen molar-refractivity contribution in [3.05, 3.63) is 0 Å². The van der Waals surface area contributed by atoms with Crippen molar-refractivity contribution in [3.8, 4) is 0 Å². The number of ether oxygens (including phenoxy) is 1. The molecule has 0 spiro atoms. The molecule has 0 radical (unpaired) electrons. The molecule has 2 atom stereocenters. The van der Waals surface area contributed by atoms with Crippen molar-refractivity contribution in [3.63, 3.8) is 0 Å². The number of aliphatic carboxylic acids is 1. The van der Waals surface area contributed by atoms with Gasteiger partial charge in [-0.3, -0.25) is 0 Å². The molecule has 1 saturated heterocycles. The van der Waals surface area contributed by atoms with Gasteiger partial charge in [0.15, 0.2) is 6.10 Å². The third kappa shape index (κ3) is 3.42. The Balaban J connectivity index is 1.64. The van der Waals surface area contributed by atoms with E-state index in [0.29, 0.717) is 11.8 Å². The van der Waals surface area contributed by atoms with Gasteiger partial charge in [-0.1, -0.05) is 19.8 Å². The predicted molar refractivity (Wildman–Crippen MR) is 65.0 cm³/mol. The molecule has 2 N–H and O–H groups in total. The Morgan fingerprint density at radius 2 is 2.12 bits per heavy atom. The second-order valence-electron chi connectivity index (χ2n) is 5.81. The Hall–Kier alpha value is -0.610. The van der Waals surface area contributed by atoms with Crippen LogP contribution >= 0.6 is 0 Å². The van der Waals surface area contributed by atoms with Gasteiger partial charge < -0.3 is 15.2 Å². The van der Waals surface area contributed by atoms with Gasteiger partial charge in [0.2, 0.25) is 0 Å². The standard InChI is InChI=1S/C13H23NO3/c1-13(6-2-3-7-13)9-14-8-10-4-5-11(17-10)12(15)16/h10-11,14H,2-9H2,1H3,(H,15,16). The van der Waals surface area contributed by atoms with Crippen molar-refractivity contribution >= 4 is 5.97 Å². The molecular weight excluding hydrogens is 218 g/mol. The Kier molecular flexibility index (Phi) is 4.05. The first-order valence-corrected chi connectivity index (χ1v) is 6.68. The topological polar surface area (TPSA) is 58.6 Å². The smallest absolute Gasteiger partial charge is 0.332 e. The van der Waals surface area contributed by atoms with Crippen molar-refractivity contribution in [1.82, 2.24) is 5.32 Å². The summed E-state index contributed by atoms with van der Waals surface area (Å²) in [6, 6.07) is 0. The molecule has 1 aliphatic heterocycles. The van der Waals surface area contributed by atoms with E-state index in [-0.39, 0.29) is 6.10 Å². The maximum absolute atomic E-state index is 10.7. The maximum Gasteiger partial charge on any atom is 0.332 e. The largest absolute Gasteiger partial charge is 0.479 e. The van der Waals surface area contributed by atoms with E-state index in [0.717, 1.165) is 19.5 Å². The minimum absolute atomic E-state index is 0.0844. The molecule has 2 aliphatic rings. The van der Waals surface area contributed by atoms with E-state index in [2.05, 4.69) is 12.2 Å². The average Bonchev–Trinajstić information content (AvgIpc) is 2.88. The van der Waals surface area contributed by atoms with Crippen molar-refractivity contribution in [2.45, 2.75) is 57.7 Å². The minimum Gasteiger partial charge on any atom is -0.479 e. The van der Waals surface area contributed by atoms with Gasteiger partial charge in [-0.25, -0.2) is 4.79 Å². The summed E-state index contributed by atoms with van der Waals surface area (Å²) in [5, 5.41) is 12.3. The lowest BCUT2D eigenvalue weighted by molar-refractivity contribution is -0.149. The summed E-state index contributed by atoms with van der Waals surface area (Å²) in [4.78, 5) is 10.7. The first kappa shape index (κ1) is 12.8. The van der Waals surface area contributed by atoms with Crippen LogP contribution in [0.5, 0.6) is 0 Å². The Morgan fingerprint density at radius 3 is 2.71 bits per heavy atom. The van der Waals surface area contributed by atoms with Crippen molar-refractivity contribution in [2.75, 3.05) is 13.1 Å². The van der Waals surface area contributed by atoms with E-state index < -0.39 is 12.1 Å². The lowest BCUT2D eigenvalue weighted by Gasteiger charge is -2.24. The Morgan fingerprint density at radius 1 is 1.41 bits per heavy atom. The van der Waals surface area contributed by atoms with Gasteiger partial charge in [0.25, 0.3) is 0 Å². The number of carboxylic acid groups (broad SMARTS) is 1. The highest BCUT2D eigenvalue weighted by Gasteiger charge is 2.31. The molecule has 0 bridgehead atoms. The lowest BCUT2D eigenvalue weighted by Crippen LogP contribution is -2.35. The number of hydrogen-bond donors (Lipinski definition) is 2. The normalized spacial score (nSPS) is 31.8. The first-order chi connectivity index (χ1) is 8.09. The summed E-state index contributed by atoms with van der Waals surface area (Å²) in [7, 11) is 0. The number of rotatable bonds is 5. The summed E-state index contributed by atoms with van der Waals surface area (Å²) in [5.41, 5.74) is 0.449. The van der Waals surface area contributed by atoms with E-state index in [1.54, 1.807) is 0 Å². The van der Waals surface area contributed by atoms with Crippen LogP contribution in [0.2, 0.25) is 0 Å². The van der Waals surface area contributed by atoms with Crippen molar-refractivity contribution < 1.29 is 14.6 Å². The molecule has 4 nitrogen and oxygen atoms in total. The highest BCUT2D eigenvalue weighted by Crippen LogP contribution is 2.36. The van der Waals surface area contributed by atoms with Gasteiger partial charge in [-0.05, 0) is 31.1 Å². The fraction of sp³-hybridized carbons (Fsp3) is 0.923. The highest BCUT2D eigenvalue weighted by molar-refractivity contribution is 5.72. The second kappa shape index (κ2) is 5.36. The van der Waals surface area contributed by atoms with Crippen LogP contribution in [0.15, 0.2) is 0 Å². The molecule has 0 aromatic rings. The van der Waals surface area contributed by atoms with Gasteiger partial charge in [0.05, 0.1) is 6.10 Å². The molecule has 17 heavy (non-hydrogen) atoms. The molecule has 2 rings (SSSR count). The van der Waals surface area contributed by atoms with Crippen molar-refractivity contribution in [2.24, 2.45) is 5.41 Å². The molecular formula is C13H23NO3. The van der Waals surface area contributed by atoms with E-state index in [1.165, 1.54) is 25.7 Å². The molecule has 1 heterocycles. The monoisotopic (exact) mass is 241 g/mol. The maximum atomic E-state index is 10.7. The molecule has 0 amide bonds. The Bertz CT molecular complexity index is 274. The first-order valence-electron chi connectivity index (χ1n) is 6.68. The third-order valence-corrected chi connectivity index (χ3v) is 4.12. The van der Waals surface area contributed by atoms with Crippen LogP contribution < -0.4 is 5.32 Å². The number of carboxylic acids is 1. The van der Waals surface area contributed by atoms with Crippen LogP contribution in [0, 0.1) is 5.41 Å². The summed E-state index contributed by atoms with van der Waals surface area (Å²) >= 11 is 0. The lowest BCUT2D eigenvalue weighted by atomic mass is 9.89. The van der Waals surface area contributed by atoms with Crippen LogP contribution in [-0.4, -0.2) is 36.4 Å². The summed E-state index contributed by atoms with van der Waals surface area (Å²) in [6.45, 7) is 4.16. The van der Waals surface area contributed by atoms with E-state index in [4.69, 9.17) is 9.84 Å². The average molecular weight is 241 g/mol. The molecule has 0 aromatic carbocycles. The predicted octanol–water partition coefficient (Wildman–Crippen LogP) is 1.79. The number of carbonyl (C=O) groups is 1. The van der Waals surface area contributed by atoms with Gasteiger partial charge in [0, 0.05) is 13.1 Å². The summed E-state index contributed by atoms with van der Waals surface area (Å²) in [6.07, 6.45) is 6.33. The van der Waals surface area contributed by atoms with E-state index >= 15 is 0 Å². The summed E-state index contributed by atoms with van der Waals surface area (Å²) in [5.74, 6) is -0.824. The van der Waals surface area contributed by atoms with Gasteiger partial charge in [-0.15, -0.1) is 0 Å². The van der Waals surface area contributed by atoms with Crippen LogP contribution in [-0.2, 0) is 9.53 Å². The number of nitrogens with one attached hydrogen (secondary N) is 1. The minimum atomic E-state index is -0.824. The summed E-state index contributed by atoms with van der Waals surface area (Å²) < 4.78 is 5.46. The van der Waals surface area contributed by atoms with Gasteiger partial charge >= 0.3 is 5.97 Å². The van der Waals surface area contributed by atoms with Gasteiger partial charge in [0.1, 0.15) is 0 Å². The quantitative estimate of drug-likeness (QED) is 0.770. The van der Waals surface area contributed by atoms with Crippen LogP contribution in [0.1, 0.15) is 45.4 Å². The fourth-order valence-electron chi connectivity index (χ4n) is 2.98. The van der Waals surface area contributed by atoms with Gasteiger partial charge in [-0.2, -0.15) is 0 Å². The second-order valence-corrected chi connectivity index (χ2v) is 5.81. The zero-order valence-electron chi connectivity index (χ0n) is 10.6. The molecule has 1 saturated carbocycles. The van der Waals surface area contributed by atoms with E-state index in [1.807, 2.05) is 0 Å². The highest BCUT2D eigenvalue weighted by atomic mass is 16.5. The fourth-order valence-corrected chi connectivity index (χ4v) is 2.98. The van der Waals surface area contributed by atoms with Crippen LogP contribution in [0.4, 0.5) is 0 Å². The SMILES string of the molecule is CC1(CNCC2CCC(C(=O)O)O2)CCCC1. The molecule has 2 unspecified atom stereocenters. The van der Waals surface area contributed by atoms with E-state index in [9.17, 15) is 4.79 Å². The number of hydrogen-bond acceptors (Lipinski definition) is 3. The molecule has 0 aromatic heterocycles. The third-order valence-electron chi connectivity index (χ3n) is 4.12. The molecule has 4 heteroatoms. The molecule has 1 aliphatic carbocycles. The van der Waals surface area contributed by atoms with Crippen LogP contribution in [0.25, 0.3) is 0 Å². The van der Waals surface area contributed by atoms with Crippen molar-refractivity contribution in [1.29, 1.82) is 0 Å². The zero-order valence-corrected chi connectivity index (χ0v) is 10.6. The Labute approximate surface area is 103 Å². The molecule has 2 fully saturated rings. The molecule has 98 valence electrons. The zero-order chi connectivity index (χ0) is 12.3. The van der Waals surface area contributed by atoms with Crippen LogP contribution in [0.3, 0.4) is 0 Å².